The monoisotopic (exact) mass is 251 g/mol. The smallest absolute Gasteiger partial charge is 0.324 e. The Morgan fingerprint density at radius 3 is 2.25 bits per heavy atom. The fraction of sp³-hybridized carbons (Fsp3) is 0. The topological polar surface area (TPSA) is 159 Å². The van der Waals surface area contributed by atoms with Gasteiger partial charge in [0.2, 0.25) is 0 Å². The summed E-state index contributed by atoms with van der Waals surface area (Å²) in [7, 11) is -4.64. The summed E-state index contributed by atoms with van der Waals surface area (Å²) >= 11 is 0. The van der Waals surface area contributed by atoms with Gasteiger partial charge in [0.1, 0.15) is 0 Å². The van der Waals surface area contributed by atoms with E-state index in [2.05, 4.69) is 5.43 Å². The molecule has 6 N–H and O–H groups in total. The Hall–Kier alpha value is -1.51. The SMILES string of the molecule is NNc1cccc([N+](=O)[O-])c1.O=P(O)(O)O. The Morgan fingerprint density at radius 1 is 1.38 bits per heavy atom. The van der Waals surface area contributed by atoms with E-state index in [-0.39, 0.29) is 5.69 Å². The van der Waals surface area contributed by atoms with Crippen LogP contribution in [0.25, 0.3) is 0 Å². The number of benzene rings is 1. The zero-order valence-corrected chi connectivity index (χ0v) is 8.74. The van der Waals surface area contributed by atoms with Gasteiger partial charge in [-0.05, 0) is 6.07 Å². The molecule has 0 atom stereocenters. The minimum Gasteiger partial charge on any atom is -0.324 e. The first-order chi connectivity index (χ1) is 7.24. The van der Waals surface area contributed by atoms with Crippen molar-refractivity contribution in [1.29, 1.82) is 0 Å². The maximum absolute atomic E-state index is 10.2. The number of nitrogens with zero attached hydrogens (tertiary/aromatic N) is 1. The summed E-state index contributed by atoms with van der Waals surface area (Å²) in [6.45, 7) is 0. The van der Waals surface area contributed by atoms with Crippen LogP contribution in [-0.2, 0) is 4.57 Å². The van der Waals surface area contributed by atoms with Crippen molar-refractivity contribution in [3.05, 3.63) is 34.4 Å². The molecule has 0 bridgehead atoms. The number of phosphoric acid groups is 1. The van der Waals surface area contributed by atoms with Crippen LogP contribution in [0.3, 0.4) is 0 Å². The van der Waals surface area contributed by atoms with Gasteiger partial charge in [-0.1, -0.05) is 6.07 Å². The maximum atomic E-state index is 10.2. The molecule has 1 aromatic rings. The van der Waals surface area contributed by atoms with Crippen molar-refractivity contribution in [2.75, 3.05) is 5.43 Å². The number of nitro benzene ring substituents is 1. The molecule has 0 spiro atoms. The van der Waals surface area contributed by atoms with Crippen molar-refractivity contribution in [2.24, 2.45) is 5.84 Å². The van der Waals surface area contributed by atoms with Crippen molar-refractivity contribution in [3.63, 3.8) is 0 Å². The molecule has 0 saturated carbocycles. The molecule has 0 saturated heterocycles. The Morgan fingerprint density at radius 2 is 1.88 bits per heavy atom. The molecule has 0 aliphatic rings. The van der Waals surface area contributed by atoms with E-state index in [4.69, 9.17) is 25.1 Å². The highest BCUT2D eigenvalue weighted by molar-refractivity contribution is 7.45. The maximum Gasteiger partial charge on any atom is 0.466 e. The summed E-state index contributed by atoms with van der Waals surface area (Å²) in [5.41, 5.74) is 2.87. The normalized spacial score (nSPS) is 10.0. The van der Waals surface area contributed by atoms with Gasteiger partial charge in [0.15, 0.2) is 0 Å². The number of anilines is 1. The van der Waals surface area contributed by atoms with Crippen LogP contribution in [-0.4, -0.2) is 19.6 Å². The highest BCUT2D eigenvalue weighted by atomic mass is 31.2. The predicted octanol–water partition coefficient (Wildman–Crippen LogP) is -0.0482. The lowest BCUT2D eigenvalue weighted by atomic mass is 10.3. The van der Waals surface area contributed by atoms with Gasteiger partial charge < -0.3 is 20.1 Å². The first-order valence-electron chi connectivity index (χ1n) is 3.73. The molecule has 0 unspecified atom stereocenters. The van der Waals surface area contributed by atoms with Gasteiger partial charge in [-0.25, -0.2) is 4.57 Å². The van der Waals surface area contributed by atoms with Crippen LogP contribution < -0.4 is 11.3 Å². The van der Waals surface area contributed by atoms with Crippen LogP contribution >= 0.6 is 7.82 Å². The van der Waals surface area contributed by atoms with E-state index in [9.17, 15) is 10.1 Å². The van der Waals surface area contributed by atoms with E-state index < -0.39 is 12.7 Å². The average molecular weight is 251 g/mol. The number of nitrogens with two attached hydrogens (primary N) is 1. The number of nitrogen functional groups attached to an aromatic ring is 1. The van der Waals surface area contributed by atoms with Crippen LogP contribution in [0.15, 0.2) is 24.3 Å². The van der Waals surface area contributed by atoms with E-state index in [0.717, 1.165) is 0 Å². The van der Waals surface area contributed by atoms with E-state index in [1.807, 2.05) is 0 Å². The van der Waals surface area contributed by atoms with E-state index in [1.54, 1.807) is 12.1 Å². The Balaban J connectivity index is 0.000000385. The molecule has 16 heavy (non-hydrogen) atoms. The lowest BCUT2D eigenvalue weighted by molar-refractivity contribution is -0.384. The average Bonchev–Trinajstić information content (AvgIpc) is 2.15. The molecule has 0 amide bonds. The molecule has 0 aromatic heterocycles. The number of nitro groups is 1. The summed E-state index contributed by atoms with van der Waals surface area (Å²) in [4.78, 5) is 31.3. The first kappa shape index (κ1) is 14.5. The quantitative estimate of drug-likeness (QED) is 0.212. The minimum absolute atomic E-state index is 0.0282. The number of non-ortho nitro benzene ring substituents is 1. The fourth-order valence-corrected chi connectivity index (χ4v) is 0.709. The number of rotatable bonds is 2. The van der Waals surface area contributed by atoms with Crippen molar-refractivity contribution in [2.45, 2.75) is 0 Å². The first-order valence-corrected chi connectivity index (χ1v) is 5.30. The molecule has 9 nitrogen and oxygen atoms in total. The van der Waals surface area contributed by atoms with Gasteiger partial charge >= 0.3 is 7.82 Å². The summed E-state index contributed by atoms with van der Waals surface area (Å²) in [6, 6.07) is 5.97. The van der Waals surface area contributed by atoms with Gasteiger partial charge in [0.05, 0.1) is 10.6 Å². The summed E-state index contributed by atoms with van der Waals surface area (Å²) in [6.07, 6.45) is 0. The van der Waals surface area contributed by atoms with E-state index >= 15 is 0 Å². The highest BCUT2D eigenvalue weighted by Gasteiger charge is 2.03. The van der Waals surface area contributed by atoms with Gasteiger partial charge in [0.25, 0.3) is 5.69 Å². The lowest BCUT2D eigenvalue weighted by Crippen LogP contribution is -2.06. The van der Waals surface area contributed by atoms with Crippen LogP contribution in [0, 0.1) is 10.1 Å². The largest absolute Gasteiger partial charge is 0.466 e. The number of nitrogens with one attached hydrogen (secondary N) is 1. The number of hydrogen-bond donors (Lipinski definition) is 5. The predicted molar refractivity (Wildman–Crippen MR) is 55.2 cm³/mol. The summed E-state index contributed by atoms with van der Waals surface area (Å²) in [5.74, 6) is 5.05. The third kappa shape index (κ3) is 7.85. The zero-order chi connectivity index (χ0) is 12.8. The highest BCUT2D eigenvalue weighted by Crippen LogP contribution is 2.25. The van der Waals surface area contributed by atoms with E-state index in [1.165, 1.54) is 12.1 Å². The van der Waals surface area contributed by atoms with Gasteiger partial charge in [-0.15, -0.1) is 0 Å². The standard InChI is InChI=1S/C6H7N3O2.H3O4P/c7-8-5-2-1-3-6(4-5)9(10)11;1-5(2,3)4/h1-4,8H,7H2;(H3,1,2,3,4). The van der Waals surface area contributed by atoms with Gasteiger partial charge in [0, 0.05) is 12.1 Å². The molecule has 1 aromatic carbocycles. The molecule has 90 valence electrons. The van der Waals surface area contributed by atoms with Crippen molar-refractivity contribution >= 4 is 19.2 Å². The van der Waals surface area contributed by atoms with Crippen molar-refractivity contribution in [3.8, 4) is 0 Å². The number of hydrogen-bond acceptors (Lipinski definition) is 5. The second kappa shape index (κ2) is 6.16. The second-order valence-electron chi connectivity index (χ2n) is 2.47. The van der Waals surface area contributed by atoms with Crippen LogP contribution in [0.5, 0.6) is 0 Å². The Bertz CT molecular complexity index is 397. The molecule has 0 radical (unpaired) electrons. The summed E-state index contributed by atoms with van der Waals surface area (Å²) in [5, 5.41) is 10.2. The molecule has 0 fully saturated rings. The third-order valence-electron chi connectivity index (χ3n) is 1.22. The molecular weight excluding hydrogens is 241 g/mol. The molecule has 0 aliphatic heterocycles. The minimum atomic E-state index is -4.64. The molecule has 1 rings (SSSR count). The molecule has 10 heteroatoms. The Kier molecular flexibility index (Phi) is 5.57. The summed E-state index contributed by atoms with van der Waals surface area (Å²) < 4.78 is 8.88. The van der Waals surface area contributed by atoms with E-state index in [0.29, 0.717) is 5.69 Å². The number of hydrazine groups is 1. The zero-order valence-electron chi connectivity index (χ0n) is 7.85. The van der Waals surface area contributed by atoms with Gasteiger partial charge in [-0.2, -0.15) is 0 Å². The molecule has 0 heterocycles. The van der Waals surface area contributed by atoms with Gasteiger partial charge in [-0.3, -0.25) is 16.0 Å². The van der Waals surface area contributed by atoms with Crippen LogP contribution in [0.2, 0.25) is 0 Å². The molecule has 0 aliphatic carbocycles. The Labute approximate surface area is 89.9 Å². The lowest BCUT2D eigenvalue weighted by Gasteiger charge is -1.96. The molecular formula is C6H10N3O6P. The van der Waals surface area contributed by atoms with Crippen molar-refractivity contribution < 1.29 is 24.2 Å². The fourth-order valence-electron chi connectivity index (χ4n) is 0.709. The second-order valence-corrected chi connectivity index (χ2v) is 3.49. The van der Waals surface area contributed by atoms with Crippen LogP contribution in [0.1, 0.15) is 0 Å². The van der Waals surface area contributed by atoms with Crippen molar-refractivity contribution in [1.82, 2.24) is 0 Å². The third-order valence-corrected chi connectivity index (χ3v) is 1.22. The van der Waals surface area contributed by atoms with Crippen LogP contribution in [0.4, 0.5) is 11.4 Å².